The smallest absolute Gasteiger partial charge is 0.411 e. The summed E-state index contributed by atoms with van der Waals surface area (Å²) in [5, 5.41) is 12.4. The number of fused-ring (bicyclic) bond motifs is 1. The molecule has 6 nitrogen and oxygen atoms in total. The molecular weight excluding hydrogens is 308 g/mol. The van der Waals surface area contributed by atoms with Gasteiger partial charge >= 0.3 is 12.1 Å². The summed E-state index contributed by atoms with van der Waals surface area (Å²) in [7, 11) is 0. The number of carbonyl (C=O) groups is 2. The SMILES string of the molecule is O=C(Nc1c(C(=O)O)cnc2ccccc12)OCc1ccccc1. The molecule has 2 aromatic carbocycles. The molecule has 0 aliphatic carbocycles. The molecule has 0 aliphatic rings. The van der Waals surface area contributed by atoms with Crippen LogP contribution < -0.4 is 5.32 Å². The average molecular weight is 322 g/mol. The van der Waals surface area contributed by atoms with Gasteiger partial charge < -0.3 is 9.84 Å². The summed E-state index contributed by atoms with van der Waals surface area (Å²) in [6.45, 7) is 0.0953. The summed E-state index contributed by atoms with van der Waals surface area (Å²) < 4.78 is 5.15. The van der Waals surface area contributed by atoms with E-state index in [1.807, 2.05) is 30.3 Å². The van der Waals surface area contributed by atoms with Crippen molar-refractivity contribution in [1.82, 2.24) is 4.98 Å². The lowest BCUT2D eigenvalue weighted by molar-refractivity contribution is 0.0697. The van der Waals surface area contributed by atoms with E-state index in [0.717, 1.165) is 5.56 Å². The highest BCUT2D eigenvalue weighted by molar-refractivity contribution is 6.08. The zero-order chi connectivity index (χ0) is 16.9. The van der Waals surface area contributed by atoms with Crippen LogP contribution in [0.4, 0.5) is 10.5 Å². The Bertz CT molecular complexity index is 894. The van der Waals surface area contributed by atoms with Crippen LogP contribution in [0.3, 0.4) is 0 Å². The summed E-state index contributed by atoms with van der Waals surface area (Å²) in [6.07, 6.45) is 0.495. The zero-order valence-electron chi connectivity index (χ0n) is 12.6. The van der Waals surface area contributed by atoms with Crippen LogP contribution >= 0.6 is 0 Å². The second kappa shape index (κ2) is 6.78. The van der Waals surface area contributed by atoms with Crippen LogP contribution in [0.25, 0.3) is 10.9 Å². The lowest BCUT2D eigenvalue weighted by atomic mass is 10.1. The molecule has 0 unspecified atom stereocenters. The fourth-order valence-corrected chi connectivity index (χ4v) is 2.30. The van der Waals surface area contributed by atoms with E-state index >= 15 is 0 Å². The molecule has 0 aliphatic heterocycles. The van der Waals surface area contributed by atoms with Crippen LogP contribution in [0.1, 0.15) is 15.9 Å². The molecule has 3 rings (SSSR count). The van der Waals surface area contributed by atoms with Crippen molar-refractivity contribution in [3.63, 3.8) is 0 Å². The predicted molar refractivity (Wildman–Crippen MR) is 89.0 cm³/mol. The number of hydrogen-bond acceptors (Lipinski definition) is 4. The third kappa shape index (κ3) is 3.33. The summed E-state index contributed by atoms with van der Waals surface area (Å²) >= 11 is 0. The molecule has 1 amide bonds. The van der Waals surface area contributed by atoms with E-state index in [9.17, 15) is 14.7 Å². The number of carboxylic acids is 1. The van der Waals surface area contributed by atoms with Crippen LogP contribution in [0, 0.1) is 0 Å². The summed E-state index contributed by atoms with van der Waals surface area (Å²) in [5.74, 6) is -1.17. The first-order valence-electron chi connectivity index (χ1n) is 7.24. The van der Waals surface area contributed by atoms with Gasteiger partial charge in [0, 0.05) is 11.6 Å². The number of anilines is 1. The van der Waals surface area contributed by atoms with Crippen molar-refractivity contribution < 1.29 is 19.4 Å². The molecule has 2 N–H and O–H groups in total. The first kappa shape index (κ1) is 15.5. The number of hydrogen-bond donors (Lipinski definition) is 2. The number of amides is 1. The maximum atomic E-state index is 12.1. The van der Waals surface area contributed by atoms with Crippen LogP contribution in [-0.4, -0.2) is 22.2 Å². The van der Waals surface area contributed by atoms with Crippen molar-refractivity contribution in [3.05, 3.63) is 71.9 Å². The number of aromatic carboxylic acids is 1. The Morgan fingerprint density at radius 3 is 2.50 bits per heavy atom. The van der Waals surface area contributed by atoms with E-state index in [1.54, 1.807) is 24.3 Å². The Hall–Kier alpha value is -3.41. The number of ether oxygens (including phenoxy) is 1. The van der Waals surface area contributed by atoms with E-state index in [4.69, 9.17) is 4.74 Å². The number of nitrogens with zero attached hydrogens (tertiary/aromatic N) is 1. The van der Waals surface area contributed by atoms with Crippen molar-refractivity contribution in [1.29, 1.82) is 0 Å². The number of aromatic nitrogens is 1. The van der Waals surface area contributed by atoms with Crippen molar-refractivity contribution in [2.24, 2.45) is 0 Å². The molecule has 0 bridgehead atoms. The van der Waals surface area contributed by atoms with Gasteiger partial charge in [0.15, 0.2) is 0 Å². The standard InChI is InChI=1S/C18H14N2O4/c21-17(22)14-10-19-15-9-5-4-8-13(15)16(14)20-18(23)24-11-12-6-2-1-3-7-12/h1-10H,11H2,(H,21,22)(H,19,20,23). The van der Waals surface area contributed by atoms with E-state index < -0.39 is 12.1 Å². The van der Waals surface area contributed by atoms with Gasteiger partial charge in [0.25, 0.3) is 0 Å². The maximum Gasteiger partial charge on any atom is 0.411 e. The predicted octanol–water partition coefficient (Wildman–Crippen LogP) is 3.68. The Kier molecular flexibility index (Phi) is 4.38. The number of para-hydroxylation sites is 1. The van der Waals surface area contributed by atoms with Gasteiger partial charge in [-0.25, -0.2) is 9.59 Å². The van der Waals surface area contributed by atoms with E-state index in [1.165, 1.54) is 6.20 Å². The molecule has 1 aromatic heterocycles. The highest BCUT2D eigenvalue weighted by Crippen LogP contribution is 2.26. The van der Waals surface area contributed by atoms with Gasteiger partial charge in [-0.3, -0.25) is 10.3 Å². The minimum Gasteiger partial charge on any atom is -0.478 e. The molecule has 0 saturated heterocycles. The fraction of sp³-hybridized carbons (Fsp3) is 0.0556. The van der Waals surface area contributed by atoms with Gasteiger partial charge in [-0.15, -0.1) is 0 Å². The Balaban J connectivity index is 1.84. The van der Waals surface area contributed by atoms with Crippen LogP contribution in [0.15, 0.2) is 60.8 Å². The van der Waals surface area contributed by atoms with Crippen molar-refractivity contribution >= 4 is 28.7 Å². The fourth-order valence-electron chi connectivity index (χ4n) is 2.30. The van der Waals surface area contributed by atoms with Crippen molar-refractivity contribution in [3.8, 4) is 0 Å². The molecule has 0 radical (unpaired) electrons. The first-order valence-corrected chi connectivity index (χ1v) is 7.24. The maximum absolute atomic E-state index is 12.1. The van der Waals surface area contributed by atoms with Gasteiger partial charge in [0.05, 0.1) is 11.2 Å². The molecule has 0 saturated carbocycles. The molecule has 0 fully saturated rings. The lowest BCUT2D eigenvalue weighted by Gasteiger charge is -2.12. The Morgan fingerprint density at radius 1 is 1.04 bits per heavy atom. The van der Waals surface area contributed by atoms with E-state index in [0.29, 0.717) is 10.9 Å². The molecule has 24 heavy (non-hydrogen) atoms. The van der Waals surface area contributed by atoms with Crippen LogP contribution in [0.2, 0.25) is 0 Å². The molecule has 0 spiro atoms. The first-order chi connectivity index (χ1) is 11.6. The summed E-state index contributed by atoms with van der Waals surface area (Å²) in [6, 6.07) is 16.2. The lowest BCUT2D eigenvalue weighted by Crippen LogP contribution is -2.16. The monoisotopic (exact) mass is 322 g/mol. The van der Waals surface area contributed by atoms with Crippen LogP contribution in [0.5, 0.6) is 0 Å². The molecule has 6 heteroatoms. The number of nitrogens with one attached hydrogen (secondary N) is 1. The van der Waals surface area contributed by atoms with Crippen molar-refractivity contribution in [2.45, 2.75) is 6.61 Å². The van der Waals surface area contributed by atoms with Gasteiger partial charge in [-0.05, 0) is 11.6 Å². The Morgan fingerprint density at radius 2 is 1.75 bits per heavy atom. The molecule has 1 heterocycles. The third-order valence-electron chi connectivity index (χ3n) is 3.45. The number of carboxylic acid groups (broad SMARTS) is 1. The highest BCUT2D eigenvalue weighted by Gasteiger charge is 2.17. The largest absolute Gasteiger partial charge is 0.478 e. The van der Waals surface area contributed by atoms with Gasteiger partial charge in [0.2, 0.25) is 0 Å². The number of rotatable bonds is 4. The zero-order valence-corrected chi connectivity index (χ0v) is 12.6. The van der Waals surface area contributed by atoms with Crippen molar-refractivity contribution in [2.75, 3.05) is 5.32 Å². The normalized spacial score (nSPS) is 10.3. The number of carbonyl (C=O) groups excluding carboxylic acids is 1. The van der Waals surface area contributed by atoms with Gasteiger partial charge in [-0.1, -0.05) is 48.5 Å². The topological polar surface area (TPSA) is 88.5 Å². The Labute approximate surface area is 137 Å². The van der Waals surface area contributed by atoms with Crippen LogP contribution in [-0.2, 0) is 11.3 Å². The molecular formula is C18H14N2O4. The number of benzene rings is 2. The minimum atomic E-state index is -1.17. The van der Waals surface area contributed by atoms with Gasteiger partial charge in [-0.2, -0.15) is 0 Å². The summed E-state index contributed by atoms with van der Waals surface area (Å²) in [4.78, 5) is 27.5. The average Bonchev–Trinajstić information content (AvgIpc) is 2.61. The summed E-state index contributed by atoms with van der Waals surface area (Å²) in [5.41, 5.74) is 1.50. The molecule has 120 valence electrons. The van der Waals surface area contributed by atoms with E-state index in [-0.39, 0.29) is 17.9 Å². The minimum absolute atomic E-state index is 0.0923. The van der Waals surface area contributed by atoms with Gasteiger partial charge in [0.1, 0.15) is 12.2 Å². The van der Waals surface area contributed by atoms with E-state index in [2.05, 4.69) is 10.3 Å². The second-order valence-corrected chi connectivity index (χ2v) is 5.06. The highest BCUT2D eigenvalue weighted by atomic mass is 16.5. The third-order valence-corrected chi connectivity index (χ3v) is 3.45. The number of pyridine rings is 1. The molecule has 3 aromatic rings. The quantitative estimate of drug-likeness (QED) is 0.765. The second-order valence-electron chi connectivity index (χ2n) is 5.06. The molecule has 0 atom stereocenters.